The van der Waals surface area contributed by atoms with Crippen molar-refractivity contribution in [2.75, 3.05) is 11.5 Å². The van der Waals surface area contributed by atoms with Crippen molar-refractivity contribution < 1.29 is 18.0 Å². The van der Waals surface area contributed by atoms with E-state index in [0.29, 0.717) is 19.4 Å². The van der Waals surface area contributed by atoms with Gasteiger partial charge in [-0.15, -0.1) is 0 Å². The number of carbonyl (C=O) groups excluding carboxylic acids is 2. The number of aromatic nitrogens is 1. The van der Waals surface area contributed by atoms with Crippen molar-refractivity contribution >= 4 is 21.7 Å². The van der Waals surface area contributed by atoms with E-state index in [1.807, 2.05) is 12.1 Å². The van der Waals surface area contributed by atoms with Crippen LogP contribution in [0.5, 0.6) is 0 Å². The molecule has 0 spiro atoms. The summed E-state index contributed by atoms with van der Waals surface area (Å²) in [5.74, 6) is -0.919. The lowest BCUT2D eigenvalue weighted by Gasteiger charge is -2.10. The number of rotatable bonds is 5. The van der Waals surface area contributed by atoms with E-state index < -0.39 is 9.84 Å². The van der Waals surface area contributed by atoms with Gasteiger partial charge in [-0.2, -0.15) is 0 Å². The van der Waals surface area contributed by atoms with Crippen molar-refractivity contribution in [3.63, 3.8) is 0 Å². The first kappa shape index (κ1) is 15.9. The molecular formula is C15H19N3O4S. The maximum Gasteiger partial charge on any atom is 0.224 e. The normalized spacial score (nSPS) is 28.1. The Hall–Kier alpha value is -1.96. The number of nitrogens with zero attached hydrogens (tertiary/aromatic N) is 1. The fraction of sp³-hybridized carbons (Fsp3) is 0.533. The molecule has 1 aliphatic heterocycles. The second-order valence-electron chi connectivity index (χ2n) is 6.10. The van der Waals surface area contributed by atoms with Crippen molar-refractivity contribution in [3.05, 3.63) is 30.1 Å². The summed E-state index contributed by atoms with van der Waals surface area (Å²) < 4.78 is 22.8. The van der Waals surface area contributed by atoms with Gasteiger partial charge in [0.15, 0.2) is 9.84 Å². The van der Waals surface area contributed by atoms with Crippen LogP contribution in [0.15, 0.2) is 24.4 Å². The molecule has 23 heavy (non-hydrogen) atoms. The second kappa shape index (κ2) is 6.27. The number of pyridine rings is 1. The molecule has 1 aliphatic carbocycles. The summed E-state index contributed by atoms with van der Waals surface area (Å²) in [4.78, 5) is 28.2. The highest BCUT2D eigenvalue weighted by molar-refractivity contribution is 7.91. The second-order valence-corrected chi connectivity index (χ2v) is 8.32. The van der Waals surface area contributed by atoms with Gasteiger partial charge in [-0.3, -0.25) is 14.6 Å². The molecule has 3 unspecified atom stereocenters. The van der Waals surface area contributed by atoms with Crippen LogP contribution in [0.2, 0.25) is 0 Å². The first-order valence-corrected chi connectivity index (χ1v) is 9.45. The van der Waals surface area contributed by atoms with Gasteiger partial charge in [0.25, 0.3) is 0 Å². The Bertz CT molecular complexity index is 705. The molecule has 2 amide bonds. The number of hydrogen-bond donors (Lipinski definition) is 2. The molecule has 1 aromatic heterocycles. The zero-order chi connectivity index (χ0) is 16.4. The molecule has 124 valence electrons. The third kappa shape index (κ3) is 4.07. The van der Waals surface area contributed by atoms with Gasteiger partial charge in [0.2, 0.25) is 11.8 Å². The summed E-state index contributed by atoms with van der Waals surface area (Å²) in [6.45, 7) is 0.339. The highest BCUT2D eigenvalue weighted by atomic mass is 32.2. The maximum absolute atomic E-state index is 12.1. The lowest BCUT2D eigenvalue weighted by molar-refractivity contribution is -0.127. The van der Waals surface area contributed by atoms with Crippen LogP contribution in [0.1, 0.15) is 18.5 Å². The lowest BCUT2D eigenvalue weighted by atomic mass is 10.2. The van der Waals surface area contributed by atoms with E-state index in [2.05, 4.69) is 15.6 Å². The monoisotopic (exact) mass is 337 g/mol. The molecule has 2 fully saturated rings. The summed E-state index contributed by atoms with van der Waals surface area (Å²) in [7, 11) is -3.02. The number of amides is 2. The summed E-state index contributed by atoms with van der Waals surface area (Å²) in [5.41, 5.74) is 0.763. The largest absolute Gasteiger partial charge is 0.352 e. The average Bonchev–Trinajstić information content (AvgIpc) is 3.25. The SMILES string of the molecule is O=C(NCc1ccccn1)C1CC1C(=O)NC1CCS(=O)(=O)C1. The molecular weight excluding hydrogens is 318 g/mol. The molecule has 8 heteroatoms. The van der Waals surface area contributed by atoms with Crippen LogP contribution in [-0.2, 0) is 26.0 Å². The van der Waals surface area contributed by atoms with Crippen LogP contribution >= 0.6 is 0 Å². The summed E-state index contributed by atoms with van der Waals surface area (Å²) in [6, 6.07) is 5.15. The van der Waals surface area contributed by atoms with Crippen LogP contribution < -0.4 is 10.6 Å². The van der Waals surface area contributed by atoms with Gasteiger partial charge in [0.1, 0.15) is 0 Å². The Labute approximate surface area is 134 Å². The van der Waals surface area contributed by atoms with Gasteiger partial charge in [-0.05, 0) is 25.0 Å². The fourth-order valence-electron chi connectivity index (χ4n) is 2.80. The lowest BCUT2D eigenvalue weighted by Crippen LogP contribution is -2.37. The molecule has 1 aromatic rings. The van der Waals surface area contributed by atoms with E-state index in [0.717, 1.165) is 5.69 Å². The van der Waals surface area contributed by atoms with Crippen molar-refractivity contribution in [2.45, 2.75) is 25.4 Å². The van der Waals surface area contributed by atoms with Crippen molar-refractivity contribution in [3.8, 4) is 0 Å². The summed E-state index contributed by atoms with van der Waals surface area (Å²) in [5, 5.41) is 5.52. The molecule has 7 nitrogen and oxygen atoms in total. The Morgan fingerprint density at radius 3 is 2.65 bits per heavy atom. The van der Waals surface area contributed by atoms with E-state index >= 15 is 0 Å². The van der Waals surface area contributed by atoms with Gasteiger partial charge in [0.05, 0.1) is 35.6 Å². The number of hydrogen-bond acceptors (Lipinski definition) is 5. The third-order valence-electron chi connectivity index (χ3n) is 4.21. The van der Waals surface area contributed by atoms with Crippen molar-refractivity contribution in [2.24, 2.45) is 11.8 Å². The van der Waals surface area contributed by atoms with Crippen molar-refractivity contribution in [1.29, 1.82) is 0 Å². The zero-order valence-electron chi connectivity index (χ0n) is 12.6. The molecule has 0 bridgehead atoms. The van der Waals surface area contributed by atoms with E-state index in [9.17, 15) is 18.0 Å². The molecule has 1 saturated carbocycles. The van der Waals surface area contributed by atoms with Gasteiger partial charge in [-0.1, -0.05) is 6.07 Å². The Morgan fingerprint density at radius 1 is 1.22 bits per heavy atom. The van der Waals surface area contributed by atoms with E-state index in [-0.39, 0.29) is 41.2 Å². The predicted octanol–water partition coefficient (Wildman–Crippen LogP) is -0.363. The number of nitrogens with one attached hydrogen (secondary N) is 2. The smallest absolute Gasteiger partial charge is 0.224 e. The predicted molar refractivity (Wildman–Crippen MR) is 82.9 cm³/mol. The molecule has 1 saturated heterocycles. The van der Waals surface area contributed by atoms with Crippen LogP contribution in [0.3, 0.4) is 0 Å². The molecule has 3 atom stereocenters. The maximum atomic E-state index is 12.1. The van der Waals surface area contributed by atoms with Gasteiger partial charge in [0, 0.05) is 12.2 Å². The Kier molecular flexibility index (Phi) is 4.34. The summed E-state index contributed by atoms with van der Waals surface area (Å²) in [6.07, 6.45) is 2.63. The van der Waals surface area contributed by atoms with Gasteiger partial charge >= 0.3 is 0 Å². The fourth-order valence-corrected chi connectivity index (χ4v) is 4.48. The highest BCUT2D eigenvalue weighted by Gasteiger charge is 2.48. The summed E-state index contributed by atoms with van der Waals surface area (Å²) >= 11 is 0. The van der Waals surface area contributed by atoms with E-state index in [1.165, 1.54) is 0 Å². The molecule has 3 rings (SSSR count). The van der Waals surface area contributed by atoms with Crippen LogP contribution in [-0.4, -0.2) is 42.8 Å². The van der Waals surface area contributed by atoms with Crippen LogP contribution in [0.25, 0.3) is 0 Å². The molecule has 0 radical (unpaired) electrons. The third-order valence-corrected chi connectivity index (χ3v) is 5.98. The van der Waals surface area contributed by atoms with E-state index in [4.69, 9.17) is 0 Å². The van der Waals surface area contributed by atoms with Gasteiger partial charge in [-0.25, -0.2) is 8.42 Å². The minimum atomic E-state index is -3.02. The minimum absolute atomic E-state index is 0.00198. The van der Waals surface area contributed by atoms with Crippen LogP contribution in [0.4, 0.5) is 0 Å². The molecule has 2 heterocycles. The average molecular weight is 337 g/mol. The van der Waals surface area contributed by atoms with E-state index in [1.54, 1.807) is 12.3 Å². The quantitative estimate of drug-likeness (QED) is 0.763. The Balaban J connectivity index is 1.43. The minimum Gasteiger partial charge on any atom is -0.352 e. The van der Waals surface area contributed by atoms with Crippen molar-refractivity contribution in [1.82, 2.24) is 15.6 Å². The first-order valence-electron chi connectivity index (χ1n) is 7.63. The topological polar surface area (TPSA) is 105 Å². The number of carbonyl (C=O) groups is 2. The van der Waals surface area contributed by atoms with Crippen LogP contribution in [0, 0.1) is 11.8 Å². The standard InChI is InChI=1S/C15H19N3O4S/c19-14(17-8-10-3-1-2-5-16-10)12-7-13(12)15(20)18-11-4-6-23(21,22)9-11/h1-3,5,11-13H,4,6-9H2,(H,17,19)(H,18,20). The number of sulfone groups is 1. The first-order chi connectivity index (χ1) is 10.9. The zero-order valence-corrected chi connectivity index (χ0v) is 13.4. The molecule has 2 N–H and O–H groups in total. The highest BCUT2D eigenvalue weighted by Crippen LogP contribution is 2.39. The van der Waals surface area contributed by atoms with Gasteiger partial charge < -0.3 is 10.6 Å². The Morgan fingerprint density at radius 2 is 2.00 bits per heavy atom. The molecule has 0 aromatic carbocycles. The molecule has 2 aliphatic rings.